The maximum Gasteiger partial charge on any atom is 0.326 e. The van der Waals surface area contributed by atoms with Crippen LogP contribution in [0.4, 0.5) is 0 Å². The summed E-state index contributed by atoms with van der Waals surface area (Å²) in [4.78, 5) is 61.0. The highest BCUT2D eigenvalue weighted by Crippen LogP contribution is 2.19. The van der Waals surface area contributed by atoms with E-state index in [1.165, 1.54) is 6.92 Å². The summed E-state index contributed by atoms with van der Waals surface area (Å²) in [5, 5.41) is 23.6. The molecule has 0 aliphatic carbocycles. The molecule has 12 nitrogen and oxygen atoms in total. The van der Waals surface area contributed by atoms with E-state index >= 15 is 0 Å². The number of carboxylic acids is 1. The Morgan fingerprint density at radius 1 is 1.21 bits per heavy atom. The second kappa shape index (κ2) is 11.0. The number of amides is 4. The molecule has 0 aromatic carbocycles. The lowest BCUT2D eigenvalue weighted by Gasteiger charge is -2.29. The molecular weight excluding hydrogens is 406 g/mol. The van der Waals surface area contributed by atoms with Crippen molar-refractivity contribution < 1.29 is 34.2 Å². The Balaban J connectivity index is 2.98. The maximum atomic E-state index is 12.8. The predicted octanol–water partition coefficient (Wildman–Crippen LogP) is -3.46. The molecule has 0 spiro atoms. The molecule has 4 amide bonds. The van der Waals surface area contributed by atoms with E-state index in [1.807, 2.05) is 0 Å². The highest BCUT2D eigenvalue weighted by atomic mass is 32.1. The number of nitrogens with one attached hydrogen (secondary N) is 2. The van der Waals surface area contributed by atoms with Crippen molar-refractivity contribution in [2.45, 2.75) is 56.5 Å². The van der Waals surface area contributed by atoms with Gasteiger partial charge in [0.15, 0.2) is 0 Å². The number of likely N-dealkylation sites (tertiary alicyclic amines) is 1. The number of nitrogens with two attached hydrogens (primary N) is 2. The first-order valence-electron chi connectivity index (χ1n) is 8.96. The van der Waals surface area contributed by atoms with Crippen LogP contribution < -0.4 is 22.1 Å². The number of hydrogen-bond donors (Lipinski definition) is 7. The number of carboxylic acid groups (broad SMARTS) is 1. The topological polar surface area (TPSA) is 205 Å². The molecule has 1 fully saturated rings. The number of rotatable bonds is 10. The monoisotopic (exact) mass is 433 g/mol. The second-order valence-electron chi connectivity index (χ2n) is 6.78. The van der Waals surface area contributed by atoms with E-state index < -0.39 is 66.3 Å². The van der Waals surface area contributed by atoms with Crippen molar-refractivity contribution in [2.24, 2.45) is 11.5 Å². The van der Waals surface area contributed by atoms with E-state index in [0.29, 0.717) is 6.42 Å². The number of thiol groups is 1. The summed E-state index contributed by atoms with van der Waals surface area (Å²) < 4.78 is 0. The van der Waals surface area contributed by atoms with Crippen LogP contribution in [0.2, 0.25) is 0 Å². The molecule has 0 aromatic rings. The van der Waals surface area contributed by atoms with Crippen molar-refractivity contribution in [2.75, 3.05) is 12.3 Å². The van der Waals surface area contributed by atoms with Crippen LogP contribution in [0, 0.1) is 0 Å². The molecular formula is C16H27N5O7S. The maximum absolute atomic E-state index is 12.8. The van der Waals surface area contributed by atoms with Crippen LogP contribution in [0.1, 0.15) is 26.2 Å². The average Bonchev–Trinajstić information content (AvgIpc) is 3.13. The Bertz CT molecular complexity index is 660. The Kier molecular flexibility index (Phi) is 9.33. The van der Waals surface area contributed by atoms with Crippen molar-refractivity contribution in [3.8, 4) is 0 Å². The van der Waals surface area contributed by atoms with Gasteiger partial charge in [-0.05, 0) is 19.8 Å². The lowest BCUT2D eigenvalue weighted by molar-refractivity contribution is -0.150. The van der Waals surface area contributed by atoms with Crippen molar-refractivity contribution in [3.63, 3.8) is 0 Å². The summed E-state index contributed by atoms with van der Waals surface area (Å²) in [6.07, 6.45) is -1.24. The Hall–Kier alpha value is -2.38. The van der Waals surface area contributed by atoms with Gasteiger partial charge in [0.05, 0.1) is 18.6 Å². The van der Waals surface area contributed by atoms with Gasteiger partial charge in [0.25, 0.3) is 0 Å². The standard InChI is InChI=1S/C16H27N5O7S/c1-7(22)12(20-13(24)8(17)6-29)14(25)19-9(5-11(18)23)15(26)21-4-2-3-10(21)16(27)28/h7-10,12,22,29H,2-6,17H2,1H3,(H2,18,23)(H,19,25)(H,20,24)(H,27,28). The molecule has 1 aliphatic rings. The van der Waals surface area contributed by atoms with E-state index in [1.54, 1.807) is 0 Å². The molecule has 13 heteroatoms. The van der Waals surface area contributed by atoms with Gasteiger partial charge < -0.3 is 37.2 Å². The molecule has 1 rings (SSSR count). The lowest BCUT2D eigenvalue weighted by Crippen LogP contribution is -2.60. The van der Waals surface area contributed by atoms with E-state index in [4.69, 9.17) is 11.5 Å². The molecule has 1 heterocycles. The quantitative estimate of drug-likeness (QED) is 0.172. The van der Waals surface area contributed by atoms with E-state index in [2.05, 4.69) is 23.3 Å². The van der Waals surface area contributed by atoms with Crippen LogP contribution in [0.25, 0.3) is 0 Å². The van der Waals surface area contributed by atoms with E-state index in [0.717, 1.165) is 4.90 Å². The molecule has 164 valence electrons. The van der Waals surface area contributed by atoms with Crippen molar-refractivity contribution >= 4 is 42.2 Å². The first-order valence-corrected chi connectivity index (χ1v) is 9.59. The fourth-order valence-corrected chi connectivity index (χ4v) is 3.06. The number of carbonyl (C=O) groups is 5. The summed E-state index contributed by atoms with van der Waals surface area (Å²) in [6.45, 7) is 1.39. The summed E-state index contributed by atoms with van der Waals surface area (Å²) in [5.41, 5.74) is 10.7. The molecule has 0 aromatic heterocycles. The first kappa shape index (κ1) is 24.7. The first-order chi connectivity index (χ1) is 13.5. The zero-order valence-electron chi connectivity index (χ0n) is 15.9. The summed E-state index contributed by atoms with van der Waals surface area (Å²) in [7, 11) is 0. The summed E-state index contributed by atoms with van der Waals surface area (Å²) in [6, 6.07) is -5.02. The second-order valence-corrected chi connectivity index (χ2v) is 7.14. The van der Waals surface area contributed by atoms with Crippen LogP contribution in [0.15, 0.2) is 0 Å². The predicted molar refractivity (Wildman–Crippen MR) is 104 cm³/mol. The van der Waals surface area contributed by atoms with Gasteiger partial charge in [-0.2, -0.15) is 12.6 Å². The minimum absolute atomic E-state index is 0.00565. The zero-order valence-corrected chi connectivity index (χ0v) is 16.8. The van der Waals surface area contributed by atoms with Crippen molar-refractivity contribution in [1.82, 2.24) is 15.5 Å². The van der Waals surface area contributed by atoms with Crippen LogP contribution in [0.3, 0.4) is 0 Å². The molecule has 29 heavy (non-hydrogen) atoms. The van der Waals surface area contributed by atoms with Crippen LogP contribution in [-0.4, -0.2) is 87.3 Å². The third kappa shape index (κ3) is 6.87. The molecule has 1 saturated heterocycles. The molecule has 0 saturated carbocycles. The van der Waals surface area contributed by atoms with Gasteiger partial charge in [-0.3, -0.25) is 19.2 Å². The third-order valence-corrected chi connectivity index (χ3v) is 4.83. The molecule has 1 aliphatic heterocycles. The summed E-state index contributed by atoms with van der Waals surface area (Å²) in [5.74, 6) is -4.59. The zero-order chi connectivity index (χ0) is 22.3. The average molecular weight is 433 g/mol. The minimum Gasteiger partial charge on any atom is -0.480 e. The van der Waals surface area contributed by atoms with Gasteiger partial charge in [-0.1, -0.05) is 0 Å². The fraction of sp³-hybridized carbons (Fsp3) is 0.688. The lowest BCUT2D eigenvalue weighted by atomic mass is 10.1. The fourth-order valence-electron chi connectivity index (χ4n) is 2.90. The molecule has 0 bridgehead atoms. The summed E-state index contributed by atoms with van der Waals surface area (Å²) >= 11 is 3.88. The Morgan fingerprint density at radius 3 is 2.31 bits per heavy atom. The third-order valence-electron chi connectivity index (χ3n) is 4.44. The van der Waals surface area contributed by atoms with Crippen LogP contribution in [-0.2, 0) is 24.0 Å². The van der Waals surface area contributed by atoms with E-state index in [-0.39, 0.29) is 18.7 Å². The number of aliphatic carboxylic acids is 1. The molecule has 5 atom stereocenters. The van der Waals surface area contributed by atoms with Gasteiger partial charge in [0, 0.05) is 12.3 Å². The van der Waals surface area contributed by atoms with Crippen LogP contribution >= 0.6 is 12.6 Å². The Labute approximate surface area is 172 Å². The number of aliphatic hydroxyl groups excluding tert-OH is 1. The Morgan fingerprint density at radius 2 is 1.83 bits per heavy atom. The van der Waals surface area contributed by atoms with Gasteiger partial charge in [0.1, 0.15) is 18.1 Å². The molecule has 5 unspecified atom stereocenters. The van der Waals surface area contributed by atoms with E-state index in [9.17, 15) is 34.2 Å². The van der Waals surface area contributed by atoms with Gasteiger partial charge in [-0.25, -0.2) is 4.79 Å². The minimum atomic E-state index is -1.47. The van der Waals surface area contributed by atoms with Crippen molar-refractivity contribution in [1.29, 1.82) is 0 Å². The number of primary amides is 1. The number of nitrogens with zero attached hydrogens (tertiary/aromatic N) is 1. The van der Waals surface area contributed by atoms with Gasteiger partial charge in [0.2, 0.25) is 23.6 Å². The highest BCUT2D eigenvalue weighted by molar-refractivity contribution is 7.80. The van der Waals surface area contributed by atoms with Gasteiger partial charge >= 0.3 is 5.97 Å². The smallest absolute Gasteiger partial charge is 0.326 e. The molecule has 0 radical (unpaired) electrons. The number of hydrogen-bond acceptors (Lipinski definition) is 8. The van der Waals surface area contributed by atoms with Crippen molar-refractivity contribution in [3.05, 3.63) is 0 Å². The largest absolute Gasteiger partial charge is 0.480 e. The normalized spacial score (nSPS) is 20.3. The number of aliphatic hydroxyl groups is 1. The number of carbonyl (C=O) groups excluding carboxylic acids is 4. The SMILES string of the molecule is CC(O)C(NC(=O)C(N)CS)C(=O)NC(CC(N)=O)C(=O)N1CCCC1C(=O)O. The van der Waals surface area contributed by atoms with Gasteiger partial charge in [-0.15, -0.1) is 0 Å². The molecule has 8 N–H and O–H groups in total. The van der Waals surface area contributed by atoms with Crippen LogP contribution in [0.5, 0.6) is 0 Å². The highest BCUT2D eigenvalue weighted by Gasteiger charge is 2.39.